The standard InChI is InChI=1S/C15H27N2O2.HI/c1-4-6-7-8-11-16-12-14(17(5-2)13-16)9-10-15(18)19-3;/h12-13H,4-11H2,1-3H3;1H/q+1;/p-1. The molecule has 0 amide bonds. The van der Waals surface area contributed by atoms with Gasteiger partial charge in [-0.25, -0.2) is 9.13 Å². The Kier molecular flexibility index (Phi) is 10.8. The van der Waals surface area contributed by atoms with E-state index in [1.54, 1.807) is 0 Å². The van der Waals surface area contributed by atoms with Crippen LogP contribution in [-0.2, 0) is 29.0 Å². The molecule has 0 aliphatic heterocycles. The summed E-state index contributed by atoms with van der Waals surface area (Å²) in [6, 6.07) is 0. The zero-order valence-electron chi connectivity index (χ0n) is 12.9. The first-order valence-corrected chi connectivity index (χ1v) is 7.36. The fourth-order valence-electron chi connectivity index (χ4n) is 2.22. The second-order valence-corrected chi connectivity index (χ2v) is 4.90. The molecule has 1 heterocycles. The van der Waals surface area contributed by atoms with Crippen LogP contribution < -0.4 is 28.5 Å². The van der Waals surface area contributed by atoms with Crippen LogP contribution in [0, 0.1) is 0 Å². The van der Waals surface area contributed by atoms with Gasteiger partial charge in [0.1, 0.15) is 11.9 Å². The number of nitrogens with zero attached hydrogens (tertiary/aromatic N) is 2. The van der Waals surface area contributed by atoms with Gasteiger partial charge in [0.25, 0.3) is 0 Å². The van der Waals surface area contributed by atoms with Crippen molar-refractivity contribution in [3.05, 3.63) is 18.2 Å². The van der Waals surface area contributed by atoms with E-state index in [0.29, 0.717) is 6.42 Å². The number of hydrogen-bond acceptors (Lipinski definition) is 2. The van der Waals surface area contributed by atoms with Gasteiger partial charge in [0, 0.05) is 6.42 Å². The van der Waals surface area contributed by atoms with Gasteiger partial charge in [-0.1, -0.05) is 19.8 Å². The maximum absolute atomic E-state index is 11.2. The summed E-state index contributed by atoms with van der Waals surface area (Å²) in [5.74, 6) is -0.140. The third-order valence-corrected chi connectivity index (χ3v) is 3.39. The summed E-state index contributed by atoms with van der Waals surface area (Å²) < 4.78 is 9.14. The Balaban J connectivity index is 0.00000361. The zero-order valence-corrected chi connectivity index (χ0v) is 15.1. The second-order valence-electron chi connectivity index (χ2n) is 4.90. The minimum absolute atomic E-state index is 0. The molecule has 0 bridgehead atoms. The van der Waals surface area contributed by atoms with Crippen molar-refractivity contribution in [1.29, 1.82) is 0 Å². The predicted molar refractivity (Wildman–Crippen MR) is 74.8 cm³/mol. The number of carbonyl (C=O) groups excluding carboxylic acids is 1. The van der Waals surface area contributed by atoms with Crippen molar-refractivity contribution in [3.8, 4) is 0 Å². The Labute approximate surface area is 139 Å². The zero-order chi connectivity index (χ0) is 14.1. The lowest BCUT2D eigenvalue weighted by molar-refractivity contribution is -0.697. The molecule has 0 radical (unpaired) electrons. The Morgan fingerprint density at radius 2 is 2.05 bits per heavy atom. The van der Waals surface area contributed by atoms with Crippen LogP contribution in [0.5, 0.6) is 0 Å². The first-order chi connectivity index (χ1) is 9.21. The van der Waals surface area contributed by atoms with Gasteiger partial charge in [-0.3, -0.25) is 4.79 Å². The van der Waals surface area contributed by atoms with Crippen LogP contribution in [0.3, 0.4) is 0 Å². The van der Waals surface area contributed by atoms with Crippen LogP contribution in [0.15, 0.2) is 12.5 Å². The van der Waals surface area contributed by atoms with Crippen molar-refractivity contribution in [2.45, 2.75) is 65.5 Å². The molecule has 0 aromatic carbocycles. The van der Waals surface area contributed by atoms with E-state index >= 15 is 0 Å². The molecule has 116 valence electrons. The molecule has 0 N–H and O–H groups in total. The van der Waals surface area contributed by atoms with Gasteiger partial charge in [0.05, 0.1) is 26.6 Å². The molecule has 1 aromatic rings. The molecule has 1 rings (SSSR count). The van der Waals surface area contributed by atoms with Crippen LogP contribution in [0.25, 0.3) is 0 Å². The number of halogens is 1. The number of carbonyl (C=O) groups is 1. The summed E-state index contributed by atoms with van der Waals surface area (Å²) in [5, 5.41) is 0. The van der Waals surface area contributed by atoms with Crippen LogP contribution in [-0.4, -0.2) is 17.6 Å². The molecular formula is C15H27IN2O2. The molecule has 5 heteroatoms. The molecule has 20 heavy (non-hydrogen) atoms. The Morgan fingerprint density at radius 3 is 2.65 bits per heavy atom. The molecule has 4 nitrogen and oxygen atoms in total. The highest BCUT2D eigenvalue weighted by atomic mass is 127. The summed E-state index contributed by atoms with van der Waals surface area (Å²) in [6.07, 6.45) is 10.6. The van der Waals surface area contributed by atoms with Crippen LogP contribution in [0.1, 0.15) is 51.6 Å². The van der Waals surface area contributed by atoms with Crippen molar-refractivity contribution in [2.75, 3.05) is 7.11 Å². The Morgan fingerprint density at radius 1 is 1.30 bits per heavy atom. The van der Waals surface area contributed by atoms with Gasteiger partial charge in [0.2, 0.25) is 6.33 Å². The number of aryl methyl sites for hydroxylation is 3. The Bertz CT molecular complexity index is 391. The van der Waals surface area contributed by atoms with Gasteiger partial charge < -0.3 is 28.7 Å². The smallest absolute Gasteiger partial charge is 0.305 e. The summed E-state index contributed by atoms with van der Waals surface area (Å²) in [4.78, 5) is 11.2. The van der Waals surface area contributed by atoms with Gasteiger partial charge in [0.15, 0.2) is 0 Å². The molecule has 0 fully saturated rings. The number of ether oxygens (including phenoxy) is 1. The molecular weight excluding hydrogens is 367 g/mol. The van der Waals surface area contributed by atoms with Crippen LogP contribution >= 0.6 is 0 Å². The number of imidazole rings is 1. The topological polar surface area (TPSA) is 35.1 Å². The quantitative estimate of drug-likeness (QED) is 0.245. The number of rotatable bonds is 9. The minimum atomic E-state index is -0.140. The lowest BCUT2D eigenvalue weighted by Gasteiger charge is -1.97. The highest BCUT2D eigenvalue weighted by Crippen LogP contribution is 2.04. The van der Waals surface area contributed by atoms with E-state index in [2.05, 4.69) is 40.2 Å². The molecule has 0 saturated heterocycles. The van der Waals surface area contributed by atoms with E-state index in [-0.39, 0.29) is 29.9 Å². The normalized spacial score (nSPS) is 10.2. The number of methoxy groups -OCH3 is 1. The summed E-state index contributed by atoms with van der Waals surface area (Å²) in [6.45, 7) is 6.37. The van der Waals surface area contributed by atoms with E-state index in [0.717, 1.165) is 19.5 Å². The van der Waals surface area contributed by atoms with Gasteiger partial charge >= 0.3 is 5.97 Å². The molecule has 0 aliphatic carbocycles. The maximum atomic E-state index is 11.2. The van der Waals surface area contributed by atoms with E-state index in [4.69, 9.17) is 0 Å². The summed E-state index contributed by atoms with van der Waals surface area (Å²) in [5.41, 5.74) is 1.21. The predicted octanol–water partition coefficient (Wildman–Crippen LogP) is -0.515. The lowest BCUT2D eigenvalue weighted by atomic mass is 10.2. The van der Waals surface area contributed by atoms with Crippen molar-refractivity contribution < 1.29 is 38.1 Å². The Hall–Kier alpha value is -0.590. The molecule has 1 aromatic heterocycles. The monoisotopic (exact) mass is 394 g/mol. The molecule has 0 atom stereocenters. The molecule has 0 spiro atoms. The number of hydrogen-bond donors (Lipinski definition) is 0. The van der Waals surface area contributed by atoms with E-state index < -0.39 is 0 Å². The number of unbranched alkanes of at least 4 members (excludes halogenated alkanes) is 3. The SMILES string of the molecule is CCCCCC[n+]1cc(CCC(=O)OC)n(CC)c1.[I-]. The molecule has 0 unspecified atom stereocenters. The summed E-state index contributed by atoms with van der Waals surface area (Å²) in [7, 11) is 1.44. The molecule has 0 aliphatic rings. The number of esters is 1. The van der Waals surface area contributed by atoms with E-state index in [1.165, 1.54) is 38.5 Å². The van der Waals surface area contributed by atoms with E-state index in [9.17, 15) is 4.79 Å². The number of aromatic nitrogens is 2. The fourth-order valence-corrected chi connectivity index (χ4v) is 2.22. The lowest BCUT2D eigenvalue weighted by Crippen LogP contribution is -3.00. The second kappa shape index (κ2) is 11.1. The van der Waals surface area contributed by atoms with Crippen molar-refractivity contribution in [3.63, 3.8) is 0 Å². The van der Waals surface area contributed by atoms with Crippen molar-refractivity contribution in [1.82, 2.24) is 4.57 Å². The van der Waals surface area contributed by atoms with Crippen molar-refractivity contribution in [2.24, 2.45) is 0 Å². The van der Waals surface area contributed by atoms with E-state index in [1.807, 2.05) is 0 Å². The van der Waals surface area contributed by atoms with Crippen LogP contribution in [0.4, 0.5) is 0 Å². The average molecular weight is 394 g/mol. The third-order valence-electron chi connectivity index (χ3n) is 3.39. The highest BCUT2D eigenvalue weighted by molar-refractivity contribution is 5.69. The first kappa shape index (κ1) is 19.4. The summed E-state index contributed by atoms with van der Waals surface area (Å²) >= 11 is 0. The third kappa shape index (κ3) is 6.72. The van der Waals surface area contributed by atoms with Crippen LogP contribution in [0.2, 0.25) is 0 Å². The largest absolute Gasteiger partial charge is 1.00 e. The molecule has 0 saturated carbocycles. The maximum Gasteiger partial charge on any atom is 0.305 e. The van der Waals surface area contributed by atoms with Crippen molar-refractivity contribution >= 4 is 5.97 Å². The van der Waals surface area contributed by atoms with Gasteiger partial charge in [-0.15, -0.1) is 0 Å². The average Bonchev–Trinajstić information content (AvgIpc) is 2.83. The minimum Gasteiger partial charge on any atom is -1.00 e. The highest BCUT2D eigenvalue weighted by Gasteiger charge is 2.13. The van der Waals surface area contributed by atoms with Gasteiger partial charge in [-0.05, 0) is 19.8 Å². The first-order valence-electron chi connectivity index (χ1n) is 7.36. The van der Waals surface area contributed by atoms with Gasteiger partial charge in [-0.2, -0.15) is 0 Å². The fraction of sp³-hybridized carbons (Fsp3) is 0.733.